The molecule has 1 fully saturated rings. The van der Waals surface area contributed by atoms with E-state index in [1.54, 1.807) is 0 Å². The molecule has 1 heterocycles. The first kappa shape index (κ1) is 15.5. The van der Waals surface area contributed by atoms with Crippen molar-refractivity contribution in [1.82, 2.24) is 5.32 Å². The Balaban J connectivity index is 2.07. The predicted molar refractivity (Wildman–Crippen MR) is 76.7 cm³/mol. The van der Waals surface area contributed by atoms with Crippen molar-refractivity contribution in [1.29, 1.82) is 0 Å². The van der Waals surface area contributed by atoms with Crippen LogP contribution in [-0.2, 0) is 10.0 Å². The maximum absolute atomic E-state index is 12.0. The van der Waals surface area contributed by atoms with Gasteiger partial charge in [0.15, 0.2) is 10.4 Å². The van der Waals surface area contributed by atoms with Crippen molar-refractivity contribution in [3.8, 4) is 0 Å². The second-order valence-corrected chi connectivity index (χ2v) is 7.74. The van der Waals surface area contributed by atoms with Gasteiger partial charge in [-0.3, -0.25) is 4.79 Å². The first-order valence-corrected chi connectivity index (χ1v) is 8.66. The molecule has 0 aromatic carbocycles. The molecule has 2 rings (SSSR count). The quantitative estimate of drug-likeness (QED) is 0.852. The van der Waals surface area contributed by atoms with Crippen LogP contribution in [-0.4, -0.2) is 20.9 Å². The number of carbonyl (C=O) groups is 1. The Morgan fingerprint density at radius 3 is 2.60 bits per heavy atom. The van der Waals surface area contributed by atoms with E-state index in [2.05, 4.69) is 28.2 Å². The maximum atomic E-state index is 12.0. The molecule has 3 N–H and O–H groups in total. The number of amides is 1. The van der Waals surface area contributed by atoms with Gasteiger partial charge >= 0.3 is 0 Å². The number of furan rings is 1. The molecule has 1 saturated carbocycles. The Morgan fingerprint density at radius 1 is 1.50 bits per heavy atom. The minimum Gasteiger partial charge on any atom is -0.443 e. The minimum absolute atomic E-state index is 0.0581. The molecule has 0 radical (unpaired) electrons. The Bertz CT molecular complexity index is 617. The Morgan fingerprint density at radius 2 is 2.10 bits per heavy atom. The molecule has 0 spiro atoms. The van der Waals surface area contributed by atoms with E-state index in [0.717, 1.165) is 18.9 Å². The van der Waals surface area contributed by atoms with Crippen LogP contribution >= 0.6 is 15.9 Å². The summed E-state index contributed by atoms with van der Waals surface area (Å²) in [5, 5.41) is 7.80. The van der Waals surface area contributed by atoms with Crippen LogP contribution in [0.4, 0.5) is 0 Å². The number of nitrogens with two attached hydrogens (primary N) is 1. The van der Waals surface area contributed by atoms with Crippen LogP contribution in [0.1, 0.15) is 43.2 Å². The highest BCUT2D eigenvalue weighted by Crippen LogP contribution is 2.36. The van der Waals surface area contributed by atoms with Crippen molar-refractivity contribution in [2.24, 2.45) is 10.6 Å². The summed E-state index contributed by atoms with van der Waals surface area (Å²) in [6, 6.07) is 1.13. The van der Waals surface area contributed by atoms with E-state index in [-0.39, 0.29) is 20.7 Å². The number of hydrogen-bond acceptors (Lipinski definition) is 4. The lowest BCUT2D eigenvalue weighted by atomic mass is 9.89. The number of rotatable bonds is 4. The number of halogens is 1. The van der Waals surface area contributed by atoms with E-state index in [1.165, 1.54) is 12.8 Å². The fraction of sp³-hybridized carbons (Fsp3) is 0.583. The zero-order valence-electron chi connectivity index (χ0n) is 11.1. The van der Waals surface area contributed by atoms with E-state index in [0.29, 0.717) is 6.54 Å². The summed E-state index contributed by atoms with van der Waals surface area (Å²) in [5.74, 6) is -0.503. The van der Waals surface area contributed by atoms with E-state index in [1.807, 2.05) is 0 Å². The lowest BCUT2D eigenvalue weighted by molar-refractivity contribution is 0.0905. The van der Waals surface area contributed by atoms with Crippen LogP contribution in [0.3, 0.4) is 0 Å². The van der Waals surface area contributed by atoms with Crippen molar-refractivity contribution >= 4 is 31.9 Å². The van der Waals surface area contributed by atoms with Gasteiger partial charge in [0.05, 0.1) is 0 Å². The topological polar surface area (TPSA) is 102 Å². The molecule has 6 nitrogen and oxygen atoms in total. The van der Waals surface area contributed by atoms with E-state index in [4.69, 9.17) is 9.56 Å². The molecule has 1 aliphatic rings. The van der Waals surface area contributed by atoms with Crippen LogP contribution in [0.25, 0.3) is 0 Å². The van der Waals surface area contributed by atoms with Gasteiger partial charge in [0, 0.05) is 12.6 Å². The average Bonchev–Trinajstić information content (AvgIpc) is 2.92. The average molecular weight is 365 g/mol. The number of hydrogen-bond donors (Lipinski definition) is 2. The number of nitrogens with one attached hydrogen (secondary N) is 1. The fourth-order valence-corrected chi connectivity index (χ4v) is 3.95. The molecule has 1 amide bonds. The molecule has 1 aliphatic carbocycles. The van der Waals surface area contributed by atoms with Gasteiger partial charge in [-0.25, -0.2) is 13.6 Å². The molecule has 0 aliphatic heterocycles. The SMILES string of the molecule is CC1(CNC(=O)c2cc(S(N)(=O)=O)c(Br)o2)CCCC1. The van der Waals surface area contributed by atoms with Gasteiger partial charge < -0.3 is 9.73 Å². The normalized spacial score (nSPS) is 18.1. The summed E-state index contributed by atoms with van der Waals surface area (Å²) in [6.07, 6.45) is 4.51. The minimum atomic E-state index is -3.91. The highest BCUT2D eigenvalue weighted by Gasteiger charge is 2.30. The highest BCUT2D eigenvalue weighted by atomic mass is 79.9. The van der Waals surface area contributed by atoms with Gasteiger partial charge in [0.2, 0.25) is 10.0 Å². The van der Waals surface area contributed by atoms with E-state index < -0.39 is 15.9 Å². The van der Waals surface area contributed by atoms with Crippen molar-refractivity contribution in [2.45, 2.75) is 37.5 Å². The third kappa shape index (κ3) is 3.42. The summed E-state index contributed by atoms with van der Waals surface area (Å²) in [4.78, 5) is 11.7. The summed E-state index contributed by atoms with van der Waals surface area (Å²) < 4.78 is 27.6. The summed E-state index contributed by atoms with van der Waals surface area (Å²) >= 11 is 2.94. The Labute approximate surface area is 126 Å². The molecule has 0 bridgehead atoms. The molecule has 20 heavy (non-hydrogen) atoms. The largest absolute Gasteiger partial charge is 0.443 e. The standard InChI is InChI=1S/C12H17BrN2O4S/c1-12(4-2-3-5-12)7-15-11(16)8-6-9(10(13)19-8)20(14,17)18/h6H,2-5,7H2,1H3,(H,15,16)(H2,14,17,18). The van der Waals surface area contributed by atoms with Gasteiger partial charge in [0.25, 0.3) is 5.91 Å². The van der Waals surface area contributed by atoms with Gasteiger partial charge in [-0.1, -0.05) is 19.8 Å². The first-order chi connectivity index (χ1) is 9.21. The zero-order valence-corrected chi connectivity index (χ0v) is 13.5. The fourth-order valence-electron chi connectivity index (χ4n) is 2.44. The molecule has 0 saturated heterocycles. The lowest BCUT2D eigenvalue weighted by Crippen LogP contribution is -2.33. The van der Waals surface area contributed by atoms with Gasteiger partial charge in [0.1, 0.15) is 4.90 Å². The van der Waals surface area contributed by atoms with Crippen molar-refractivity contribution in [2.75, 3.05) is 6.54 Å². The molecule has 1 aromatic rings. The van der Waals surface area contributed by atoms with Crippen LogP contribution in [0.5, 0.6) is 0 Å². The van der Waals surface area contributed by atoms with E-state index >= 15 is 0 Å². The third-order valence-corrected chi connectivity index (χ3v) is 5.44. The maximum Gasteiger partial charge on any atom is 0.287 e. The van der Waals surface area contributed by atoms with Crippen molar-refractivity contribution < 1.29 is 17.6 Å². The van der Waals surface area contributed by atoms with Crippen molar-refractivity contribution in [3.05, 3.63) is 16.5 Å². The summed E-state index contributed by atoms with van der Waals surface area (Å²) in [7, 11) is -3.91. The highest BCUT2D eigenvalue weighted by molar-refractivity contribution is 9.10. The van der Waals surface area contributed by atoms with Gasteiger partial charge in [-0.2, -0.15) is 0 Å². The number of carbonyl (C=O) groups excluding carboxylic acids is 1. The monoisotopic (exact) mass is 364 g/mol. The number of sulfonamides is 1. The molecule has 0 atom stereocenters. The van der Waals surface area contributed by atoms with Gasteiger partial charge in [-0.15, -0.1) is 0 Å². The zero-order chi connectivity index (χ0) is 15.0. The molecular formula is C12H17BrN2O4S. The Hall–Kier alpha value is -0.860. The molecule has 112 valence electrons. The van der Waals surface area contributed by atoms with E-state index in [9.17, 15) is 13.2 Å². The predicted octanol–water partition coefficient (Wildman–Crippen LogP) is 2.00. The van der Waals surface area contributed by atoms with Crippen LogP contribution < -0.4 is 10.5 Å². The lowest BCUT2D eigenvalue weighted by Gasteiger charge is -2.23. The Kier molecular flexibility index (Phi) is 4.27. The van der Waals surface area contributed by atoms with Crippen molar-refractivity contribution in [3.63, 3.8) is 0 Å². The summed E-state index contributed by atoms with van der Waals surface area (Å²) in [6.45, 7) is 2.68. The van der Waals surface area contributed by atoms with Crippen LogP contribution in [0.2, 0.25) is 0 Å². The summed E-state index contributed by atoms with van der Waals surface area (Å²) in [5.41, 5.74) is 0.113. The molecule has 1 aromatic heterocycles. The second-order valence-electron chi connectivity index (χ2n) is 5.49. The second kappa shape index (κ2) is 5.50. The third-order valence-electron chi connectivity index (χ3n) is 3.67. The van der Waals surface area contributed by atoms with Crippen LogP contribution in [0.15, 0.2) is 20.0 Å². The molecule has 0 unspecified atom stereocenters. The number of primary sulfonamides is 1. The molecule has 8 heteroatoms. The van der Waals surface area contributed by atoms with Crippen LogP contribution in [0, 0.1) is 5.41 Å². The smallest absolute Gasteiger partial charge is 0.287 e. The molecular weight excluding hydrogens is 348 g/mol. The first-order valence-electron chi connectivity index (χ1n) is 6.32. The van der Waals surface area contributed by atoms with Gasteiger partial charge in [-0.05, 0) is 34.2 Å².